The molecule has 3 fully saturated rings. The smallest absolute Gasteiger partial charge is 0.335 e. The summed E-state index contributed by atoms with van der Waals surface area (Å²) in [5.41, 5.74) is 0. The zero-order valence-corrected chi connectivity index (χ0v) is 19.3. The molecule has 0 aromatic heterocycles. The van der Waals surface area contributed by atoms with Crippen LogP contribution >= 0.6 is 0 Å². The van der Waals surface area contributed by atoms with E-state index in [1.807, 2.05) is 0 Å². The lowest BCUT2D eigenvalue weighted by molar-refractivity contribution is -0.375. The number of carbonyl (C=O) groups is 1. The Kier molecular flexibility index (Phi) is 9.42. The van der Waals surface area contributed by atoms with E-state index in [0.29, 0.717) is 0 Å². The Morgan fingerprint density at radius 2 is 1.29 bits per heavy atom. The highest BCUT2D eigenvalue weighted by molar-refractivity contribution is 5.73. The van der Waals surface area contributed by atoms with Crippen LogP contribution in [0, 0.1) is 5.92 Å². The van der Waals surface area contributed by atoms with Crippen molar-refractivity contribution in [2.75, 3.05) is 13.7 Å². The second-order valence-electron chi connectivity index (χ2n) is 8.94. The molecule has 3 aliphatic heterocycles. The van der Waals surface area contributed by atoms with Crippen molar-refractivity contribution in [1.82, 2.24) is 0 Å². The van der Waals surface area contributed by atoms with Gasteiger partial charge in [0.15, 0.2) is 25.0 Å². The molecule has 204 valence electrons. The van der Waals surface area contributed by atoms with Crippen LogP contribution in [0.3, 0.4) is 0 Å². The van der Waals surface area contributed by atoms with Crippen LogP contribution in [0.15, 0.2) is 0 Å². The third-order valence-electron chi connectivity index (χ3n) is 6.61. The number of aliphatic carboxylic acids is 1. The lowest BCUT2D eigenvalue weighted by Crippen LogP contribution is -2.66. The second-order valence-corrected chi connectivity index (χ2v) is 8.94. The van der Waals surface area contributed by atoms with Crippen molar-refractivity contribution in [3.05, 3.63) is 0 Å². The van der Waals surface area contributed by atoms with Crippen LogP contribution in [-0.4, -0.2) is 147 Å². The van der Waals surface area contributed by atoms with Gasteiger partial charge in [-0.05, 0) is 6.92 Å². The molecule has 8 N–H and O–H groups in total. The van der Waals surface area contributed by atoms with Gasteiger partial charge in [0.25, 0.3) is 0 Å². The standard InChI is InChI=1S/C20H34O15/c1-5-8(22)6(2)31-19(9(5)23)33-14-10(24)7(4-21)32-20(13(14)27)34-15-11(25)16(17(28)29)35-18(30-3)12(15)26/h5-16,18-27H,4H2,1-3H3,(H,28,29)/t5-,6?,7?,8-,9-,10-,11+,12?,13?,14-,15-,16?,18-,19?,20+/m0/s1. The molecule has 0 radical (unpaired) electrons. The minimum Gasteiger partial charge on any atom is -0.479 e. The first-order chi connectivity index (χ1) is 16.4. The van der Waals surface area contributed by atoms with E-state index in [9.17, 15) is 45.6 Å². The van der Waals surface area contributed by atoms with Crippen molar-refractivity contribution in [3.8, 4) is 0 Å². The zero-order valence-electron chi connectivity index (χ0n) is 19.3. The highest BCUT2D eigenvalue weighted by Crippen LogP contribution is 2.33. The molecule has 3 saturated heterocycles. The van der Waals surface area contributed by atoms with Gasteiger partial charge in [0.1, 0.15) is 48.8 Å². The van der Waals surface area contributed by atoms with E-state index in [1.165, 1.54) is 0 Å². The minimum atomic E-state index is -1.92. The predicted octanol–water partition coefficient (Wildman–Crippen LogP) is -4.52. The molecular weight excluding hydrogens is 480 g/mol. The number of carboxylic acid groups (broad SMARTS) is 1. The second kappa shape index (κ2) is 11.6. The van der Waals surface area contributed by atoms with Crippen LogP contribution in [0.2, 0.25) is 0 Å². The first kappa shape index (κ1) is 28.5. The summed E-state index contributed by atoms with van der Waals surface area (Å²) in [5, 5.41) is 81.9. The molecular formula is C20H34O15. The Hall–Kier alpha value is -1.05. The van der Waals surface area contributed by atoms with Gasteiger partial charge in [0.05, 0.1) is 18.8 Å². The van der Waals surface area contributed by atoms with E-state index in [4.69, 9.17) is 28.4 Å². The third-order valence-corrected chi connectivity index (χ3v) is 6.61. The molecule has 0 spiro atoms. The summed E-state index contributed by atoms with van der Waals surface area (Å²) in [4.78, 5) is 11.5. The van der Waals surface area contributed by atoms with Crippen LogP contribution in [-0.2, 0) is 33.2 Å². The van der Waals surface area contributed by atoms with E-state index >= 15 is 0 Å². The van der Waals surface area contributed by atoms with E-state index in [2.05, 4.69) is 0 Å². The molecule has 0 bridgehead atoms. The molecule has 6 unspecified atom stereocenters. The maximum Gasteiger partial charge on any atom is 0.335 e. The molecule has 3 heterocycles. The number of rotatable bonds is 7. The third kappa shape index (κ3) is 5.62. The Morgan fingerprint density at radius 1 is 0.743 bits per heavy atom. The van der Waals surface area contributed by atoms with Gasteiger partial charge in [-0.1, -0.05) is 6.92 Å². The van der Waals surface area contributed by atoms with Gasteiger partial charge in [-0.25, -0.2) is 4.79 Å². The number of methoxy groups -OCH3 is 1. The summed E-state index contributed by atoms with van der Waals surface area (Å²) in [6, 6.07) is 0. The van der Waals surface area contributed by atoms with Crippen LogP contribution in [0.1, 0.15) is 13.8 Å². The number of hydrogen-bond acceptors (Lipinski definition) is 14. The Balaban J connectivity index is 1.80. The van der Waals surface area contributed by atoms with Crippen molar-refractivity contribution in [3.63, 3.8) is 0 Å². The van der Waals surface area contributed by atoms with Crippen molar-refractivity contribution >= 4 is 5.97 Å². The molecule has 15 heteroatoms. The summed E-state index contributed by atoms with van der Waals surface area (Å²) in [5.74, 6) is -2.24. The topological polar surface area (TPSA) is 234 Å². The molecule has 15 nitrogen and oxygen atoms in total. The Morgan fingerprint density at radius 3 is 1.83 bits per heavy atom. The normalized spacial score (nSPS) is 51.2. The minimum absolute atomic E-state index is 0.676. The first-order valence-electron chi connectivity index (χ1n) is 11.1. The number of aliphatic hydroxyl groups is 7. The Labute approximate surface area is 200 Å². The molecule has 35 heavy (non-hydrogen) atoms. The average molecular weight is 514 g/mol. The van der Waals surface area contributed by atoms with Gasteiger partial charge in [0.2, 0.25) is 0 Å². The summed E-state index contributed by atoms with van der Waals surface area (Å²) in [6.45, 7) is 2.34. The molecule has 0 aromatic carbocycles. The van der Waals surface area contributed by atoms with Crippen molar-refractivity contribution in [2.24, 2.45) is 5.92 Å². The highest BCUT2D eigenvalue weighted by atomic mass is 16.7. The van der Waals surface area contributed by atoms with Gasteiger partial charge in [-0.2, -0.15) is 0 Å². The summed E-state index contributed by atoms with van der Waals surface area (Å²) >= 11 is 0. The lowest BCUT2D eigenvalue weighted by atomic mass is 9.91. The van der Waals surface area contributed by atoms with Crippen molar-refractivity contribution < 1.29 is 74.1 Å². The fourth-order valence-electron chi connectivity index (χ4n) is 4.39. The molecule has 0 amide bonds. The fourth-order valence-corrected chi connectivity index (χ4v) is 4.39. The van der Waals surface area contributed by atoms with E-state index in [-0.39, 0.29) is 0 Å². The van der Waals surface area contributed by atoms with Gasteiger partial charge in [-0.3, -0.25) is 0 Å². The van der Waals surface area contributed by atoms with Gasteiger partial charge in [-0.15, -0.1) is 0 Å². The molecule has 0 saturated carbocycles. The van der Waals surface area contributed by atoms with Crippen molar-refractivity contribution in [2.45, 2.75) is 99.9 Å². The number of ether oxygens (including phenoxy) is 6. The molecule has 0 aliphatic carbocycles. The number of carboxylic acids is 1. The molecule has 0 aromatic rings. The number of aliphatic hydroxyl groups excluding tert-OH is 7. The van der Waals surface area contributed by atoms with Crippen LogP contribution in [0.25, 0.3) is 0 Å². The quantitative estimate of drug-likeness (QED) is 0.160. The SMILES string of the molecule is CO[C@H]1OC(C(=O)O)[C@H](O)[C@H](O[C@H]2OC(CO)[C@H](O)[C@H](OC3OC(C)[C@@H](O)[C@H](C)[C@@H]3O)C2O)C1O. The number of hydrogen-bond donors (Lipinski definition) is 8. The molecule has 3 aliphatic rings. The summed E-state index contributed by atoms with van der Waals surface area (Å²) in [6.07, 6.45) is -21.3. The van der Waals surface area contributed by atoms with Crippen molar-refractivity contribution in [1.29, 1.82) is 0 Å². The van der Waals surface area contributed by atoms with Gasteiger partial charge < -0.3 is 69.3 Å². The van der Waals surface area contributed by atoms with Gasteiger partial charge >= 0.3 is 5.97 Å². The maximum atomic E-state index is 11.5. The summed E-state index contributed by atoms with van der Waals surface area (Å²) in [7, 11) is 1.13. The predicted molar refractivity (Wildman–Crippen MR) is 108 cm³/mol. The van der Waals surface area contributed by atoms with E-state index in [0.717, 1.165) is 7.11 Å². The van der Waals surface area contributed by atoms with E-state index in [1.54, 1.807) is 13.8 Å². The van der Waals surface area contributed by atoms with E-state index < -0.39 is 105 Å². The largest absolute Gasteiger partial charge is 0.479 e. The Bertz CT molecular complexity index is 710. The van der Waals surface area contributed by atoms with Crippen LogP contribution < -0.4 is 0 Å². The fraction of sp³-hybridized carbons (Fsp3) is 0.950. The van der Waals surface area contributed by atoms with Gasteiger partial charge in [0, 0.05) is 13.0 Å². The first-order valence-corrected chi connectivity index (χ1v) is 11.1. The lowest BCUT2D eigenvalue weighted by Gasteiger charge is -2.48. The highest BCUT2D eigenvalue weighted by Gasteiger charge is 2.54. The molecule has 3 rings (SSSR count). The monoisotopic (exact) mass is 514 g/mol. The van der Waals surface area contributed by atoms with Crippen LogP contribution in [0.5, 0.6) is 0 Å². The van der Waals surface area contributed by atoms with Crippen LogP contribution in [0.4, 0.5) is 0 Å². The maximum absolute atomic E-state index is 11.5. The summed E-state index contributed by atoms with van der Waals surface area (Å²) < 4.78 is 31.9. The average Bonchev–Trinajstić information content (AvgIpc) is 2.82. The zero-order chi connectivity index (χ0) is 26.2. The molecule has 15 atom stereocenters.